The van der Waals surface area contributed by atoms with Gasteiger partial charge in [0.1, 0.15) is 28.9 Å². The molecule has 0 N–H and O–H groups in total. The molecule has 0 radical (unpaired) electrons. The molecule has 1 aliphatic rings. The SMILES string of the molecule is CC(=O)C[C@@H](C)c1ccc(O[C@@H]2CCN(c3cc(Cl)ncc3C#N)C2)cc1. The van der Waals surface area contributed by atoms with Crippen LogP contribution in [-0.2, 0) is 4.79 Å². The van der Waals surface area contributed by atoms with Crippen molar-refractivity contribution < 1.29 is 9.53 Å². The number of ketones is 1. The van der Waals surface area contributed by atoms with Crippen LogP contribution in [0, 0.1) is 11.3 Å². The Morgan fingerprint density at radius 3 is 2.85 bits per heavy atom. The molecule has 1 aromatic carbocycles. The highest BCUT2D eigenvalue weighted by molar-refractivity contribution is 6.29. The van der Waals surface area contributed by atoms with Gasteiger partial charge in [0, 0.05) is 31.6 Å². The largest absolute Gasteiger partial charge is 0.489 e. The molecule has 2 aromatic rings. The maximum absolute atomic E-state index is 11.3. The molecule has 6 heteroatoms. The summed E-state index contributed by atoms with van der Waals surface area (Å²) < 4.78 is 6.11. The lowest BCUT2D eigenvalue weighted by Gasteiger charge is -2.20. The molecule has 1 fully saturated rings. The van der Waals surface area contributed by atoms with Crippen molar-refractivity contribution in [1.82, 2.24) is 4.98 Å². The lowest BCUT2D eigenvalue weighted by Crippen LogP contribution is -2.25. The number of benzene rings is 1. The van der Waals surface area contributed by atoms with Gasteiger partial charge in [0.25, 0.3) is 0 Å². The fourth-order valence-corrected chi connectivity index (χ4v) is 3.58. The third-order valence-corrected chi connectivity index (χ3v) is 5.01. The maximum atomic E-state index is 11.3. The first-order valence-electron chi connectivity index (χ1n) is 9.03. The van der Waals surface area contributed by atoms with Crippen molar-refractivity contribution in [3.8, 4) is 11.8 Å². The number of nitrogens with zero attached hydrogens (tertiary/aromatic N) is 3. The van der Waals surface area contributed by atoms with Gasteiger partial charge in [0.15, 0.2) is 0 Å². The molecule has 1 saturated heterocycles. The van der Waals surface area contributed by atoms with Crippen LogP contribution in [0.1, 0.15) is 43.7 Å². The van der Waals surface area contributed by atoms with Gasteiger partial charge in [-0.1, -0.05) is 30.7 Å². The maximum Gasteiger partial charge on any atom is 0.131 e. The lowest BCUT2D eigenvalue weighted by atomic mass is 9.96. The van der Waals surface area contributed by atoms with Gasteiger partial charge in [-0.3, -0.25) is 0 Å². The van der Waals surface area contributed by atoms with E-state index in [4.69, 9.17) is 16.3 Å². The van der Waals surface area contributed by atoms with Crippen molar-refractivity contribution in [1.29, 1.82) is 5.26 Å². The van der Waals surface area contributed by atoms with Crippen molar-refractivity contribution in [3.05, 3.63) is 52.8 Å². The van der Waals surface area contributed by atoms with E-state index < -0.39 is 0 Å². The average Bonchev–Trinajstić information content (AvgIpc) is 3.10. The normalized spacial score (nSPS) is 17.4. The second-order valence-corrected chi connectivity index (χ2v) is 7.37. The Hall–Kier alpha value is -2.58. The van der Waals surface area contributed by atoms with E-state index in [0.29, 0.717) is 23.7 Å². The molecule has 0 bridgehead atoms. The summed E-state index contributed by atoms with van der Waals surface area (Å²) in [4.78, 5) is 17.4. The van der Waals surface area contributed by atoms with Crippen LogP contribution in [0.25, 0.3) is 0 Å². The standard InChI is InChI=1S/C21H22ClN3O2/c1-14(9-15(2)26)16-3-5-18(6-4-16)27-19-7-8-25(13-19)20-10-21(22)24-12-17(20)11-23/h3-6,10,12,14,19H,7-9,13H2,1-2H3/t14-,19-/m1/s1. The van der Waals surface area contributed by atoms with Crippen LogP contribution in [0.5, 0.6) is 5.75 Å². The van der Waals surface area contributed by atoms with E-state index in [0.717, 1.165) is 30.0 Å². The summed E-state index contributed by atoms with van der Waals surface area (Å²) in [7, 11) is 0. The molecule has 0 amide bonds. The summed E-state index contributed by atoms with van der Waals surface area (Å²) in [6.07, 6.45) is 2.97. The third kappa shape index (κ3) is 4.78. The molecule has 27 heavy (non-hydrogen) atoms. The zero-order valence-electron chi connectivity index (χ0n) is 15.5. The number of Topliss-reactive ketones (excluding diaryl/α,β-unsaturated/α-hetero) is 1. The molecule has 2 heterocycles. The van der Waals surface area contributed by atoms with Crippen molar-refractivity contribution in [3.63, 3.8) is 0 Å². The smallest absolute Gasteiger partial charge is 0.131 e. The van der Waals surface area contributed by atoms with E-state index >= 15 is 0 Å². The van der Waals surface area contributed by atoms with Crippen LogP contribution in [0.4, 0.5) is 5.69 Å². The molecular weight excluding hydrogens is 362 g/mol. The topological polar surface area (TPSA) is 66.2 Å². The Balaban J connectivity index is 1.63. The monoisotopic (exact) mass is 383 g/mol. The number of anilines is 1. The molecular formula is C21H22ClN3O2. The minimum atomic E-state index is 0.0453. The summed E-state index contributed by atoms with van der Waals surface area (Å²) >= 11 is 5.99. The Kier molecular flexibility index (Phi) is 5.98. The van der Waals surface area contributed by atoms with Gasteiger partial charge in [0.05, 0.1) is 17.8 Å². The van der Waals surface area contributed by atoms with E-state index in [1.165, 1.54) is 6.20 Å². The van der Waals surface area contributed by atoms with Gasteiger partial charge in [0.2, 0.25) is 0 Å². The number of halogens is 1. The van der Waals surface area contributed by atoms with Crippen LogP contribution in [0.15, 0.2) is 36.5 Å². The van der Waals surface area contributed by atoms with Crippen LogP contribution >= 0.6 is 11.6 Å². The fourth-order valence-electron chi connectivity index (χ4n) is 3.43. The first-order chi connectivity index (χ1) is 13.0. The van der Waals surface area contributed by atoms with E-state index in [1.54, 1.807) is 13.0 Å². The minimum Gasteiger partial charge on any atom is -0.489 e. The lowest BCUT2D eigenvalue weighted by molar-refractivity contribution is -0.117. The number of aromatic nitrogens is 1. The van der Waals surface area contributed by atoms with Crippen molar-refractivity contribution >= 4 is 23.1 Å². The van der Waals surface area contributed by atoms with Gasteiger partial charge >= 0.3 is 0 Å². The molecule has 0 saturated carbocycles. The molecule has 3 rings (SSSR count). The molecule has 1 aliphatic heterocycles. The van der Waals surface area contributed by atoms with Gasteiger partial charge in [-0.05, 0) is 30.5 Å². The summed E-state index contributed by atoms with van der Waals surface area (Å²) in [6.45, 7) is 5.16. The van der Waals surface area contributed by atoms with E-state index in [9.17, 15) is 10.1 Å². The van der Waals surface area contributed by atoms with Gasteiger partial charge < -0.3 is 14.4 Å². The summed E-state index contributed by atoms with van der Waals surface area (Å²) in [5, 5.41) is 9.66. The zero-order valence-corrected chi connectivity index (χ0v) is 16.2. The molecule has 0 aliphatic carbocycles. The number of hydrogen-bond donors (Lipinski definition) is 0. The molecule has 140 valence electrons. The number of carbonyl (C=O) groups is 1. The van der Waals surface area contributed by atoms with E-state index in [-0.39, 0.29) is 17.8 Å². The quantitative estimate of drug-likeness (QED) is 0.694. The number of ether oxygens (including phenoxy) is 1. The van der Waals surface area contributed by atoms with Crippen molar-refractivity contribution in [2.75, 3.05) is 18.0 Å². The Morgan fingerprint density at radius 2 is 2.19 bits per heavy atom. The first-order valence-corrected chi connectivity index (χ1v) is 9.40. The second-order valence-electron chi connectivity index (χ2n) is 6.99. The zero-order chi connectivity index (χ0) is 19.4. The van der Waals surface area contributed by atoms with E-state index in [2.05, 4.69) is 22.9 Å². The summed E-state index contributed by atoms with van der Waals surface area (Å²) in [5.74, 6) is 1.22. The Morgan fingerprint density at radius 1 is 1.44 bits per heavy atom. The number of hydrogen-bond acceptors (Lipinski definition) is 5. The van der Waals surface area contributed by atoms with E-state index in [1.807, 2.05) is 24.3 Å². The van der Waals surface area contributed by atoms with Crippen molar-refractivity contribution in [2.24, 2.45) is 0 Å². The molecule has 0 spiro atoms. The van der Waals surface area contributed by atoms with Crippen LogP contribution in [-0.4, -0.2) is 30.0 Å². The third-order valence-electron chi connectivity index (χ3n) is 4.80. The van der Waals surface area contributed by atoms with Gasteiger partial charge in [-0.15, -0.1) is 0 Å². The molecule has 5 nitrogen and oxygen atoms in total. The molecule has 0 unspecified atom stereocenters. The summed E-state index contributed by atoms with van der Waals surface area (Å²) in [5.41, 5.74) is 2.46. The van der Waals surface area contributed by atoms with Crippen LogP contribution in [0.2, 0.25) is 5.15 Å². The number of rotatable bonds is 6. The van der Waals surface area contributed by atoms with Gasteiger partial charge in [-0.25, -0.2) is 4.98 Å². The fraction of sp³-hybridized carbons (Fsp3) is 0.381. The van der Waals surface area contributed by atoms with Crippen LogP contribution < -0.4 is 9.64 Å². The highest BCUT2D eigenvalue weighted by Crippen LogP contribution is 2.28. The Labute approximate surface area is 164 Å². The second kappa shape index (κ2) is 8.41. The summed E-state index contributed by atoms with van der Waals surface area (Å²) in [6, 6.07) is 11.9. The van der Waals surface area contributed by atoms with Crippen molar-refractivity contribution in [2.45, 2.75) is 38.7 Å². The molecule has 2 atom stereocenters. The predicted molar refractivity (Wildman–Crippen MR) is 105 cm³/mol. The first kappa shape index (κ1) is 19.2. The number of pyridine rings is 1. The highest BCUT2D eigenvalue weighted by atomic mass is 35.5. The minimum absolute atomic E-state index is 0.0453. The van der Waals surface area contributed by atoms with Crippen LogP contribution in [0.3, 0.4) is 0 Å². The van der Waals surface area contributed by atoms with Gasteiger partial charge in [-0.2, -0.15) is 5.26 Å². The Bertz CT molecular complexity index is 861. The number of carbonyl (C=O) groups excluding carboxylic acids is 1. The predicted octanol–water partition coefficient (Wildman–Crippen LogP) is 4.35. The molecule has 1 aromatic heterocycles. The highest BCUT2D eigenvalue weighted by Gasteiger charge is 2.26. The average molecular weight is 384 g/mol. The number of nitriles is 1.